The normalized spacial score (nSPS) is 17.9. The lowest BCUT2D eigenvalue weighted by molar-refractivity contribution is -0.00510. The van der Waals surface area contributed by atoms with Gasteiger partial charge in [0, 0.05) is 37.1 Å². The molecule has 0 saturated carbocycles. The molecule has 0 spiro atoms. The molecule has 1 aromatic carbocycles. The number of benzene rings is 1. The molecule has 158 valence electrons. The second kappa shape index (κ2) is 8.47. The molecule has 1 aliphatic rings. The Balaban J connectivity index is 1.58. The van der Waals surface area contributed by atoms with Crippen molar-refractivity contribution in [2.45, 2.75) is 24.5 Å². The van der Waals surface area contributed by atoms with Gasteiger partial charge in [0.2, 0.25) is 0 Å². The first-order valence-electron chi connectivity index (χ1n) is 9.63. The monoisotopic (exact) mass is 446 g/mol. The summed E-state index contributed by atoms with van der Waals surface area (Å²) in [4.78, 5) is 8.62. The van der Waals surface area contributed by atoms with Crippen molar-refractivity contribution >= 4 is 21.6 Å². The molecule has 0 radical (unpaired) electrons. The van der Waals surface area contributed by atoms with Crippen LogP contribution in [0.5, 0.6) is 0 Å². The quantitative estimate of drug-likeness (QED) is 0.601. The van der Waals surface area contributed by atoms with Crippen molar-refractivity contribution in [3.63, 3.8) is 0 Å². The third kappa shape index (κ3) is 4.41. The Morgan fingerprint density at radius 2 is 2.07 bits per heavy atom. The minimum Gasteiger partial charge on any atom is -0.369 e. The molecule has 0 bridgehead atoms. The van der Waals surface area contributed by atoms with E-state index in [1.54, 1.807) is 11.6 Å². The summed E-state index contributed by atoms with van der Waals surface area (Å²) in [5.74, 6) is 0. The lowest BCUT2D eigenvalue weighted by Crippen LogP contribution is -2.42. The molecule has 7 nitrogen and oxygen atoms in total. The minimum atomic E-state index is -3.68. The molecule has 4 rings (SSSR count). The van der Waals surface area contributed by atoms with E-state index in [2.05, 4.69) is 9.97 Å². The summed E-state index contributed by atoms with van der Waals surface area (Å²) in [5, 5.41) is 0.761. The van der Waals surface area contributed by atoms with Crippen molar-refractivity contribution < 1.29 is 13.2 Å². The number of hydrogen-bond donors (Lipinski definition) is 0. The Morgan fingerprint density at radius 3 is 2.80 bits per heavy atom. The maximum Gasteiger partial charge on any atom is 0.262 e. The average molecular weight is 447 g/mol. The Hall–Kier alpha value is -2.26. The van der Waals surface area contributed by atoms with Gasteiger partial charge in [-0.2, -0.15) is 4.31 Å². The van der Waals surface area contributed by atoms with Gasteiger partial charge in [-0.3, -0.25) is 4.98 Å². The third-order valence-electron chi connectivity index (χ3n) is 5.03. The van der Waals surface area contributed by atoms with Crippen molar-refractivity contribution in [2.24, 2.45) is 7.05 Å². The number of halogens is 1. The predicted octanol–water partition coefficient (Wildman–Crippen LogP) is 3.13. The number of morpholine rings is 1. The fourth-order valence-electron chi connectivity index (χ4n) is 3.57. The van der Waals surface area contributed by atoms with Gasteiger partial charge >= 0.3 is 0 Å². The van der Waals surface area contributed by atoms with Gasteiger partial charge in [-0.15, -0.1) is 0 Å². The van der Waals surface area contributed by atoms with E-state index < -0.39 is 16.1 Å². The second-order valence-corrected chi connectivity index (χ2v) is 9.70. The van der Waals surface area contributed by atoms with Gasteiger partial charge in [0.1, 0.15) is 6.10 Å². The highest BCUT2D eigenvalue weighted by Gasteiger charge is 2.33. The highest BCUT2D eigenvalue weighted by Crippen LogP contribution is 2.27. The molecular weight excluding hydrogens is 424 g/mol. The fourth-order valence-corrected chi connectivity index (χ4v) is 5.17. The summed E-state index contributed by atoms with van der Waals surface area (Å²) in [6.07, 6.45) is 3.21. The van der Waals surface area contributed by atoms with E-state index in [9.17, 15) is 8.42 Å². The van der Waals surface area contributed by atoms with Crippen LogP contribution >= 0.6 is 11.6 Å². The Kier molecular flexibility index (Phi) is 5.92. The summed E-state index contributed by atoms with van der Waals surface area (Å²) < 4.78 is 34.8. The van der Waals surface area contributed by atoms with Crippen molar-refractivity contribution in [1.29, 1.82) is 0 Å². The first kappa shape index (κ1) is 21.0. The lowest BCUT2D eigenvalue weighted by Gasteiger charge is -2.31. The molecule has 1 aliphatic heterocycles. The van der Waals surface area contributed by atoms with Crippen molar-refractivity contribution in [2.75, 3.05) is 19.7 Å². The molecule has 0 N–H and O–H groups in total. The van der Waals surface area contributed by atoms with Crippen LogP contribution in [0.15, 0.2) is 53.9 Å². The highest BCUT2D eigenvalue weighted by molar-refractivity contribution is 7.89. The van der Waals surface area contributed by atoms with Crippen LogP contribution in [0, 0.1) is 6.92 Å². The van der Waals surface area contributed by atoms with E-state index in [1.807, 2.05) is 43.3 Å². The van der Waals surface area contributed by atoms with Crippen LogP contribution in [0.3, 0.4) is 0 Å². The Morgan fingerprint density at radius 1 is 1.27 bits per heavy atom. The third-order valence-corrected chi connectivity index (χ3v) is 7.15. The van der Waals surface area contributed by atoms with Crippen LogP contribution in [0.4, 0.5) is 0 Å². The lowest BCUT2D eigenvalue weighted by atomic mass is 10.0. The highest BCUT2D eigenvalue weighted by atomic mass is 35.5. The maximum atomic E-state index is 12.9. The van der Waals surface area contributed by atoms with Crippen LogP contribution in [-0.4, -0.2) is 47.0 Å². The van der Waals surface area contributed by atoms with E-state index in [0.29, 0.717) is 13.0 Å². The molecule has 30 heavy (non-hydrogen) atoms. The molecule has 9 heteroatoms. The number of imidazole rings is 1. The largest absolute Gasteiger partial charge is 0.369 e. The smallest absolute Gasteiger partial charge is 0.262 e. The number of hydrogen-bond acceptors (Lipinski definition) is 5. The van der Waals surface area contributed by atoms with Gasteiger partial charge < -0.3 is 9.30 Å². The zero-order chi connectivity index (χ0) is 21.3. The van der Waals surface area contributed by atoms with Gasteiger partial charge in [-0.05, 0) is 42.7 Å². The zero-order valence-electron chi connectivity index (χ0n) is 16.8. The summed E-state index contributed by atoms with van der Waals surface area (Å²) in [5.41, 5.74) is 3.65. The van der Waals surface area contributed by atoms with E-state index in [0.717, 1.165) is 27.5 Å². The molecule has 1 fully saturated rings. The molecule has 1 saturated heterocycles. The number of pyridine rings is 1. The molecule has 2 aromatic heterocycles. The molecule has 3 heterocycles. The van der Waals surface area contributed by atoms with Gasteiger partial charge in [0.15, 0.2) is 5.03 Å². The van der Waals surface area contributed by atoms with Crippen LogP contribution in [0.25, 0.3) is 0 Å². The minimum absolute atomic E-state index is 0.0438. The van der Waals surface area contributed by atoms with Gasteiger partial charge in [0.05, 0.1) is 18.6 Å². The Bertz CT molecular complexity index is 1160. The van der Waals surface area contributed by atoms with E-state index in [4.69, 9.17) is 16.3 Å². The summed E-state index contributed by atoms with van der Waals surface area (Å²) in [6.45, 7) is 2.70. The van der Waals surface area contributed by atoms with E-state index in [-0.39, 0.29) is 18.1 Å². The van der Waals surface area contributed by atoms with Crippen LogP contribution in [-0.2, 0) is 28.2 Å². The van der Waals surface area contributed by atoms with Crippen molar-refractivity contribution in [3.8, 4) is 0 Å². The summed E-state index contributed by atoms with van der Waals surface area (Å²) in [7, 11) is -1.94. The van der Waals surface area contributed by atoms with Crippen molar-refractivity contribution in [1.82, 2.24) is 18.8 Å². The number of nitrogens with zero attached hydrogens (tertiary/aromatic N) is 4. The Labute approximate surface area is 181 Å². The maximum absolute atomic E-state index is 12.9. The van der Waals surface area contributed by atoms with Gasteiger partial charge in [0.25, 0.3) is 10.0 Å². The zero-order valence-corrected chi connectivity index (χ0v) is 18.4. The molecule has 1 atom stereocenters. The average Bonchev–Trinajstić information content (AvgIpc) is 3.17. The van der Waals surface area contributed by atoms with E-state index >= 15 is 0 Å². The molecule has 3 aromatic rings. The first-order valence-corrected chi connectivity index (χ1v) is 11.5. The molecule has 0 amide bonds. The number of rotatable bonds is 5. The molecule has 0 aliphatic carbocycles. The number of aryl methyl sites for hydroxylation is 2. The van der Waals surface area contributed by atoms with Crippen molar-refractivity contribution in [3.05, 3.63) is 76.5 Å². The molecule has 0 unspecified atom stereocenters. The molecular formula is C21H23ClN4O3S. The topological polar surface area (TPSA) is 77.3 Å². The SMILES string of the molecule is Cc1cc(Cc2ccccc2Cl)cc([C@@H]2CN(S(=O)(=O)c3cn(C)cn3)CCO2)n1. The first-order chi connectivity index (χ1) is 14.3. The predicted molar refractivity (Wildman–Crippen MR) is 114 cm³/mol. The fraction of sp³-hybridized carbons (Fsp3) is 0.333. The van der Waals surface area contributed by atoms with Crippen LogP contribution < -0.4 is 0 Å². The number of aromatic nitrogens is 3. The standard InChI is InChI=1S/C21H23ClN4O3S/c1-15-9-16(10-17-5-3-4-6-18(17)22)11-19(24-15)20-12-26(7-8-29-20)30(27,28)21-13-25(2)14-23-21/h3-6,9,11,13-14,20H,7-8,10,12H2,1-2H3/t20-/m0/s1. The summed E-state index contributed by atoms with van der Waals surface area (Å²) >= 11 is 6.31. The van der Waals surface area contributed by atoms with Crippen LogP contribution in [0.2, 0.25) is 5.02 Å². The number of sulfonamides is 1. The summed E-state index contributed by atoms with van der Waals surface area (Å²) in [6, 6.07) is 11.7. The van der Waals surface area contributed by atoms with Gasteiger partial charge in [-0.25, -0.2) is 13.4 Å². The number of ether oxygens (including phenoxy) is 1. The van der Waals surface area contributed by atoms with E-state index in [1.165, 1.54) is 16.8 Å². The van der Waals surface area contributed by atoms with Crippen LogP contribution in [0.1, 0.15) is 28.6 Å². The van der Waals surface area contributed by atoms with Gasteiger partial charge in [-0.1, -0.05) is 29.8 Å². The second-order valence-electron chi connectivity index (χ2n) is 7.41.